The first-order chi connectivity index (χ1) is 9.18. The highest BCUT2D eigenvalue weighted by Gasteiger charge is 2.29. The Labute approximate surface area is 118 Å². The fourth-order valence-electron chi connectivity index (χ4n) is 3.15. The summed E-state index contributed by atoms with van der Waals surface area (Å²) in [4.78, 5) is 0. The van der Waals surface area contributed by atoms with Crippen LogP contribution in [-0.4, -0.2) is 9.78 Å². The average Bonchev–Trinajstić information content (AvgIpc) is 2.77. The summed E-state index contributed by atoms with van der Waals surface area (Å²) in [5.74, 6) is 0.331. The van der Waals surface area contributed by atoms with E-state index >= 15 is 0 Å². The first kappa shape index (κ1) is 12.7. The van der Waals surface area contributed by atoms with E-state index in [0.29, 0.717) is 10.9 Å². The zero-order valence-electron chi connectivity index (χ0n) is 11.0. The fraction of sp³-hybridized carbons (Fsp3) is 0.400. The summed E-state index contributed by atoms with van der Waals surface area (Å²) in [6.07, 6.45) is 5.12. The molecule has 19 heavy (non-hydrogen) atoms. The topological polar surface area (TPSA) is 43.8 Å². The van der Waals surface area contributed by atoms with Crippen molar-refractivity contribution >= 4 is 11.6 Å². The third-order valence-corrected chi connectivity index (χ3v) is 4.39. The van der Waals surface area contributed by atoms with Crippen LogP contribution in [0.3, 0.4) is 0 Å². The molecule has 3 nitrogen and oxygen atoms in total. The van der Waals surface area contributed by atoms with Crippen LogP contribution in [0.25, 0.3) is 0 Å². The van der Waals surface area contributed by atoms with Gasteiger partial charge in [0.15, 0.2) is 0 Å². The number of halogens is 1. The molecule has 4 heteroatoms. The Hall–Kier alpha value is -1.32. The highest BCUT2D eigenvalue weighted by Crippen LogP contribution is 2.40. The fourth-order valence-corrected chi connectivity index (χ4v) is 3.44. The molecule has 2 aromatic rings. The Morgan fingerprint density at radius 3 is 2.95 bits per heavy atom. The molecule has 3 rings (SSSR count). The molecule has 2 N–H and O–H groups in total. The van der Waals surface area contributed by atoms with Crippen molar-refractivity contribution in [2.45, 2.75) is 31.2 Å². The van der Waals surface area contributed by atoms with E-state index in [9.17, 15) is 0 Å². The quantitative estimate of drug-likeness (QED) is 0.915. The number of aryl methyl sites for hydroxylation is 2. The van der Waals surface area contributed by atoms with Gasteiger partial charge in [-0.1, -0.05) is 35.9 Å². The van der Waals surface area contributed by atoms with E-state index in [1.54, 1.807) is 10.9 Å². The lowest BCUT2D eigenvalue weighted by molar-refractivity contribution is 0.453. The van der Waals surface area contributed by atoms with Gasteiger partial charge < -0.3 is 5.73 Å². The maximum Gasteiger partial charge on any atom is 0.0834 e. The number of nitrogens with two attached hydrogens (primary N) is 1. The van der Waals surface area contributed by atoms with Crippen LogP contribution in [0, 0.1) is 0 Å². The second kappa shape index (κ2) is 4.99. The van der Waals surface area contributed by atoms with Crippen LogP contribution < -0.4 is 5.73 Å². The molecule has 1 aromatic carbocycles. The van der Waals surface area contributed by atoms with Crippen molar-refractivity contribution in [1.82, 2.24) is 9.78 Å². The molecule has 0 spiro atoms. The monoisotopic (exact) mass is 275 g/mol. The number of benzene rings is 1. The van der Waals surface area contributed by atoms with Gasteiger partial charge in [-0.05, 0) is 30.4 Å². The highest BCUT2D eigenvalue weighted by atomic mass is 35.5. The Balaban J connectivity index is 2.00. The molecule has 0 saturated heterocycles. The van der Waals surface area contributed by atoms with Gasteiger partial charge in [-0.15, -0.1) is 0 Å². The van der Waals surface area contributed by atoms with Crippen molar-refractivity contribution in [3.63, 3.8) is 0 Å². The van der Waals surface area contributed by atoms with E-state index in [2.05, 4.69) is 29.4 Å². The minimum absolute atomic E-state index is 0.0959. The van der Waals surface area contributed by atoms with Gasteiger partial charge in [0.2, 0.25) is 0 Å². The van der Waals surface area contributed by atoms with Crippen LogP contribution in [0.4, 0.5) is 0 Å². The zero-order chi connectivity index (χ0) is 13.4. The lowest BCUT2D eigenvalue weighted by atomic mass is 9.78. The van der Waals surface area contributed by atoms with Gasteiger partial charge in [-0.3, -0.25) is 4.68 Å². The van der Waals surface area contributed by atoms with Gasteiger partial charge in [0.25, 0.3) is 0 Å². The van der Waals surface area contributed by atoms with Crippen molar-refractivity contribution < 1.29 is 0 Å². The predicted octanol–water partition coefficient (Wildman–Crippen LogP) is 3.19. The van der Waals surface area contributed by atoms with E-state index in [1.807, 2.05) is 7.05 Å². The lowest BCUT2D eigenvalue weighted by Gasteiger charge is -2.30. The molecule has 0 bridgehead atoms. The molecule has 0 fully saturated rings. The molecule has 0 radical (unpaired) electrons. The molecule has 0 amide bonds. The summed E-state index contributed by atoms with van der Waals surface area (Å²) in [7, 11) is 1.90. The van der Waals surface area contributed by atoms with Crippen LogP contribution in [-0.2, 0) is 13.5 Å². The van der Waals surface area contributed by atoms with Gasteiger partial charge >= 0.3 is 0 Å². The van der Waals surface area contributed by atoms with Crippen LogP contribution in [0.15, 0.2) is 30.5 Å². The van der Waals surface area contributed by atoms with Crippen molar-refractivity contribution in [2.75, 3.05) is 0 Å². The van der Waals surface area contributed by atoms with Crippen LogP contribution in [0.1, 0.15) is 41.6 Å². The molecule has 2 unspecified atom stereocenters. The second-order valence-electron chi connectivity index (χ2n) is 5.22. The molecule has 1 aromatic heterocycles. The molecule has 0 aliphatic heterocycles. The predicted molar refractivity (Wildman–Crippen MR) is 77.3 cm³/mol. The van der Waals surface area contributed by atoms with E-state index < -0.39 is 0 Å². The number of hydrogen-bond acceptors (Lipinski definition) is 2. The lowest BCUT2D eigenvalue weighted by Crippen LogP contribution is -2.25. The Morgan fingerprint density at radius 2 is 2.21 bits per heavy atom. The van der Waals surface area contributed by atoms with Crippen molar-refractivity contribution in [3.8, 4) is 0 Å². The number of nitrogens with zero attached hydrogens (tertiary/aromatic N) is 2. The van der Waals surface area contributed by atoms with Crippen molar-refractivity contribution in [3.05, 3.63) is 52.3 Å². The first-order valence-electron chi connectivity index (χ1n) is 6.69. The smallest absolute Gasteiger partial charge is 0.0834 e. The molecule has 1 aliphatic rings. The van der Waals surface area contributed by atoms with Gasteiger partial charge in [-0.2, -0.15) is 5.10 Å². The number of hydrogen-bond donors (Lipinski definition) is 1. The SMILES string of the molecule is Cn1ncc(Cl)c1C(N)C1CCCc2ccccc21. The summed E-state index contributed by atoms with van der Waals surface area (Å²) in [5, 5.41) is 4.86. The van der Waals surface area contributed by atoms with Crippen LogP contribution >= 0.6 is 11.6 Å². The Morgan fingerprint density at radius 1 is 1.42 bits per heavy atom. The van der Waals surface area contributed by atoms with E-state index in [4.69, 9.17) is 17.3 Å². The molecule has 0 saturated carbocycles. The number of fused-ring (bicyclic) bond motifs is 1. The zero-order valence-corrected chi connectivity index (χ0v) is 11.8. The van der Waals surface area contributed by atoms with Gasteiger partial charge in [0, 0.05) is 13.0 Å². The Bertz CT molecular complexity index is 571. The van der Waals surface area contributed by atoms with Crippen molar-refractivity contribution in [2.24, 2.45) is 12.8 Å². The van der Waals surface area contributed by atoms with E-state index in [1.165, 1.54) is 17.5 Å². The van der Waals surface area contributed by atoms with E-state index in [-0.39, 0.29) is 6.04 Å². The van der Waals surface area contributed by atoms with Crippen LogP contribution in [0.5, 0.6) is 0 Å². The largest absolute Gasteiger partial charge is 0.322 e. The summed E-state index contributed by atoms with van der Waals surface area (Å²) in [6.45, 7) is 0. The average molecular weight is 276 g/mol. The van der Waals surface area contributed by atoms with Gasteiger partial charge in [0.05, 0.1) is 23.0 Å². The minimum atomic E-state index is -0.0959. The number of aromatic nitrogens is 2. The third kappa shape index (κ3) is 2.17. The van der Waals surface area contributed by atoms with E-state index in [0.717, 1.165) is 18.5 Å². The van der Waals surface area contributed by atoms with Crippen molar-refractivity contribution in [1.29, 1.82) is 0 Å². The minimum Gasteiger partial charge on any atom is -0.322 e. The highest BCUT2D eigenvalue weighted by molar-refractivity contribution is 6.31. The molecule has 1 heterocycles. The van der Waals surface area contributed by atoms with Gasteiger partial charge in [0.1, 0.15) is 0 Å². The normalized spacial score (nSPS) is 20.1. The number of rotatable bonds is 2. The molecule has 2 atom stereocenters. The summed E-state index contributed by atoms with van der Waals surface area (Å²) in [6, 6.07) is 8.50. The maximum absolute atomic E-state index is 6.49. The molecular weight excluding hydrogens is 258 g/mol. The van der Waals surface area contributed by atoms with Gasteiger partial charge in [-0.25, -0.2) is 0 Å². The summed E-state index contributed by atoms with van der Waals surface area (Å²) in [5.41, 5.74) is 10.2. The first-order valence-corrected chi connectivity index (χ1v) is 7.07. The Kier molecular flexibility index (Phi) is 3.33. The summed E-state index contributed by atoms with van der Waals surface area (Å²) < 4.78 is 1.80. The maximum atomic E-state index is 6.49. The molecule has 100 valence electrons. The molecular formula is C15H18ClN3. The van der Waals surface area contributed by atoms with Crippen LogP contribution in [0.2, 0.25) is 5.02 Å². The summed E-state index contributed by atoms with van der Waals surface area (Å²) >= 11 is 6.22. The standard InChI is InChI=1S/C15H18ClN3/c1-19-15(13(16)9-18-19)14(17)12-8-4-6-10-5-2-3-7-11(10)12/h2-3,5,7,9,12,14H,4,6,8,17H2,1H3. The molecule has 1 aliphatic carbocycles. The second-order valence-corrected chi connectivity index (χ2v) is 5.63. The third-order valence-electron chi connectivity index (χ3n) is 4.10.